The molecule has 7 nitrogen and oxygen atoms in total. The van der Waals surface area contributed by atoms with E-state index in [1.807, 2.05) is 50.3 Å². The van der Waals surface area contributed by atoms with Crippen LogP contribution in [-0.2, 0) is 11.8 Å². The molecule has 3 rings (SSSR count). The third-order valence-corrected chi connectivity index (χ3v) is 4.69. The molecule has 0 saturated carbocycles. The molecule has 1 unspecified atom stereocenters. The average Bonchev–Trinajstić information content (AvgIpc) is 3.09. The van der Waals surface area contributed by atoms with Crippen LogP contribution in [0.1, 0.15) is 18.5 Å². The summed E-state index contributed by atoms with van der Waals surface area (Å²) < 4.78 is 7.46. The molecular weight excluding hydrogens is 401 g/mol. The topological polar surface area (TPSA) is 62.6 Å². The summed E-state index contributed by atoms with van der Waals surface area (Å²) in [5.74, 6) is 0.997. The Bertz CT molecular complexity index is 747. The SMILES string of the molecule is CCOc1ccccc1N1CCN(C(=O)C(NC)c2cnn(C)c2)CC1.Cl.Cl. The zero-order chi connectivity index (χ0) is 18.5. The first-order chi connectivity index (χ1) is 12.6. The number of hydrogen-bond donors (Lipinski definition) is 1. The molecule has 1 N–H and O–H groups in total. The number of aryl methyl sites for hydroxylation is 1. The van der Waals surface area contributed by atoms with Crippen LogP contribution >= 0.6 is 24.8 Å². The van der Waals surface area contributed by atoms with Crippen molar-refractivity contribution in [3.63, 3.8) is 0 Å². The smallest absolute Gasteiger partial charge is 0.244 e. The number of rotatable bonds is 6. The van der Waals surface area contributed by atoms with Crippen molar-refractivity contribution in [2.45, 2.75) is 13.0 Å². The quantitative estimate of drug-likeness (QED) is 0.762. The summed E-state index contributed by atoms with van der Waals surface area (Å²) in [5, 5.41) is 7.30. The van der Waals surface area contributed by atoms with E-state index in [4.69, 9.17) is 4.74 Å². The molecule has 0 radical (unpaired) electrons. The van der Waals surface area contributed by atoms with Gasteiger partial charge in [-0.1, -0.05) is 12.1 Å². The van der Waals surface area contributed by atoms with Gasteiger partial charge in [-0.3, -0.25) is 9.48 Å². The van der Waals surface area contributed by atoms with Crippen molar-refractivity contribution < 1.29 is 9.53 Å². The molecule has 9 heteroatoms. The number of carbonyl (C=O) groups is 1. The molecule has 1 aromatic carbocycles. The number of amides is 1. The van der Waals surface area contributed by atoms with Gasteiger partial charge in [-0.05, 0) is 26.1 Å². The Hall–Kier alpha value is -1.96. The lowest BCUT2D eigenvalue weighted by Crippen LogP contribution is -2.51. The Morgan fingerprint density at radius 2 is 1.89 bits per heavy atom. The van der Waals surface area contributed by atoms with E-state index >= 15 is 0 Å². The average molecular weight is 430 g/mol. The van der Waals surface area contributed by atoms with Gasteiger partial charge in [0.2, 0.25) is 5.91 Å². The van der Waals surface area contributed by atoms with Crippen LogP contribution in [-0.4, -0.2) is 60.4 Å². The third kappa shape index (κ3) is 5.31. The first-order valence-electron chi connectivity index (χ1n) is 9.05. The summed E-state index contributed by atoms with van der Waals surface area (Å²) in [5.41, 5.74) is 1.99. The fourth-order valence-electron chi connectivity index (χ4n) is 3.37. The second-order valence-electron chi connectivity index (χ2n) is 6.38. The predicted octanol–water partition coefficient (Wildman–Crippen LogP) is 2.27. The number of piperazine rings is 1. The van der Waals surface area contributed by atoms with E-state index in [9.17, 15) is 4.79 Å². The van der Waals surface area contributed by atoms with Gasteiger partial charge in [-0.2, -0.15) is 5.10 Å². The van der Waals surface area contributed by atoms with Crippen LogP contribution < -0.4 is 15.0 Å². The molecule has 0 aliphatic carbocycles. The number of hydrogen-bond acceptors (Lipinski definition) is 5. The van der Waals surface area contributed by atoms with E-state index in [0.29, 0.717) is 19.7 Å². The summed E-state index contributed by atoms with van der Waals surface area (Å²) in [6, 6.07) is 7.73. The molecule has 1 saturated heterocycles. The minimum atomic E-state index is -0.356. The molecule has 1 aromatic heterocycles. The van der Waals surface area contributed by atoms with Crippen LogP contribution in [0.25, 0.3) is 0 Å². The maximum absolute atomic E-state index is 12.9. The van der Waals surface area contributed by atoms with Gasteiger partial charge < -0.3 is 19.9 Å². The highest BCUT2D eigenvalue weighted by atomic mass is 35.5. The molecule has 2 heterocycles. The number of ether oxygens (including phenoxy) is 1. The van der Waals surface area contributed by atoms with Gasteiger partial charge in [0.25, 0.3) is 0 Å². The Morgan fingerprint density at radius 1 is 1.21 bits per heavy atom. The van der Waals surface area contributed by atoms with E-state index in [0.717, 1.165) is 30.1 Å². The van der Waals surface area contributed by atoms with Crippen molar-refractivity contribution in [3.05, 3.63) is 42.2 Å². The summed E-state index contributed by atoms with van der Waals surface area (Å²) in [4.78, 5) is 17.1. The second kappa shape index (κ2) is 11.1. The van der Waals surface area contributed by atoms with Gasteiger partial charge in [-0.25, -0.2) is 0 Å². The summed E-state index contributed by atoms with van der Waals surface area (Å²) >= 11 is 0. The maximum atomic E-state index is 12.9. The van der Waals surface area contributed by atoms with Crippen molar-refractivity contribution in [1.82, 2.24) is 20.0 Å². The molecule has 28 heavy (non-hydrogen) atoms. The predicted molar refractivity (Wildman–Crippen MR) is 116 cm³/mol. The molecule has 0 spiro atoms. The van der Waals surface area contributed by atoms with Crippen LogP contribution in [0.2, 0.25) is 0 Å². The van der Waals surface area contributed by atoms with Crippen LogP contribution in [0.3, 0.4) is 0 Å². The Morgan fingerprint density at radius 3 is 2.46 bits per heavy atom. The first kappa shape index (κ1) is 24.1. The lowest BCUT2D eigenvalue weighted by Gasteiger charge is -2.38. The largest absolute Gasteiger partial charge is 0.492 e. The van der Waals surface area contributed by atoms with E-state index in [1.54, 1.807) is 10.9 Å². The van der Waals surface area contributed by atoms with Gasteiger partial charge in [0.1, 0.15) is 11.8 Å². The van der Waals surface area contributed by atoms with Crippen molar-refractivity contribution in [3.8, 4) is 5.75 Å². The molecule has 1 amide bonds. The van der Waals surface area contributed by atoms with Crippen molar-refractivity contribution in [2.75, 3.05) is 44.7 Å². The molecule has 1 aliphatic rings. The number of carbonyl (C=O) groups excluding carboxylic acids is 1. The zero-order valence-corrected chi connectivity index (χ0v) is 18.1. The van der Waals surface area contributed by atoms with Gasteiger partial charge in [0.05, 0.1) is 18.5 Å². The summed E-state index contributed by atoms with van der Waals surface area (Å²) in [6.45, 7) is 5.60. The molecule has 156 valence electrons. The maximum Gasteiger partial charge on any atom is 0.244 e. The fourth-order valence-corrected chi connectivity index (χ4v) is 3.37. The highest BCUT2D eigenvalue weighted by molar-refractivity contribution is 5.85. The van der Waals surface area contributed by atoms with E-state index in [2.05, 4.69) is 21.4 Å². The summed E-state index contributed by atoms with van der Waals surface area (Å²) in [6.07, 6.45) is 3.63. The van der Waals surface area contributed by atoms with Crippen LogP contribution in [0.5, 0.6) is 5.75 Å². The van der Waals surface area contributed by atoms with E-state index in [-0.39, 0.29) is 36.8 Å². The molecule has 2 aromatic rings. The highest BCUT2D eigenvalue weighted by Crippen LogP contribution is 2.29. The number of likely N-dealkylation sites (N-methyl/N-ethyl adjacent to an activating group) is 1. The minimum Gasteiger partial charge on any atom is -0.492 e. The standard InChI is InChI=1S/C19H27N5O2.2ClH/c1-4-26-17-8-6-5-7-16(17)23-9-11-24(12-10-23)19(25)18(20-2)15-13-21-22(3)14-15;;/h5-8,13-14,18,20H,4,9-12H2,1-3H3;2*1H. The third-order valence-electron chi connectivity index (χ3n) is 4.69. The minimum absolute atomic E-state index is 0. The molecular formula is C19H29Cl2N5O2. The Balaban J connectivity index is 0.00000196. The fraction of sp³-hybridized carbons (Fsp3) is 0.474. The van der Waals surface area contributed by atoms with Gasteiger partial charge >= 0.3 is 0 Å². The van der Waals surface area contributed by atoms with Crippen LogP contribution in [0.4, 0.5) is 5.69 Å². The van der Waals surface area contributed by atoms with E-state index < -0.39 is 0 Å². The number of nitrogens with zero attached hydrogens (tertiary/aromatic N) is 4. The monoisotopic (exact) mass is 429 g/mol. The normalized spacial score (nSPS) is 14.7. The summed E-state index contributed by atoms with van der Waals surface area (Å²) in [7, 11) is 3.67. The number of halogens is 2. The Labute approximate surface area is 178 Å². The zero-order valence-electron chi connectivity index (χ0n) is 16.5. The number of nitrogens with one attached hydrogen (secondary N) is 1. The molecule has 1 atom stereocenters. The van der Waals surface area contributed by atoms with E-state index in [1.165, 1.54) is 0 Å². The van der Waals surface area contributed by atoms with Gasteiger partial charge in [-0.15, -0.1) is 24.8 Å². The first-order valence-corrected chi connectivity index (χ1v) is 9.05. The second-order valence-corrected chi connectivity index (χ2v) is 6.38. The van der Waals surface area contributed by atoms with Crippen molar-refractivity contribution >= 4 is 36.4 Å². The molecule has 1 fully saturated rings. The Kier molecular flexibility index (Phi) is 9.58. The van der Waals surface area contributed by atoms with Crippen LogP contribution in [0.15, 0.2) is 36.7 Å². The lowest BCUT2D eigenvalue weighted by atomic mass is 10.1. The number of para-hydroxylation sites is 2. The number of aromatic nitrogens is 2. The van der Waals surface area contributed by atoms with Crippen LogP contribution in [0, 0.1) is 0 Å². The van der Waals surface area contributed by atoms with Gasteiger partial charge in [0.15, 0.2) is 0 Å². The van der Waals surface area contributed by atoms with Crippen molar-refractivity contribution in [1.29, 1.82) is 0 Å². The number of benzene rings is 1. The van der Waals surface area contributed by atoms with Gasteiger partial charge in [0, 0.05) is 45.0 Å². The molecule has 0 bridgehead atoms. The number of anilines is 1. The molecule has 1 aliphatic heterocycles. The highest BCUT2D eigenvalue weighted by Gasteiger charge is 2.29. The van der Waals surface area contributed by atoms with Crippen molar-refractivity contribution in [2.24, 2.45) is 7.05 Å². The lowest BCUT2D eigenvalue weighted by molar-refractivity contribution is -0.133.